The van der Waals surface area contributed by atoms with Gasteiger partial charge in [0, 0.05) is 13.2 Å². The Morgan fingerprint density at radius 2 is 2.20 bits per heavy atom. The summed E-state index contributed by atoms with van der Waals surface area (Å²) >= 11 is 0. The number of unbranched alkanes of at least 4 members (excludes halogenated alkanes) is 3. The first kappa shape index (κ1) is 11.8. The van der Waals surface area contributed by atoms with Crippen LogP contribution in [0.25, 0.3) is 0 Å². The number of aromatic nitrogens is 2. The third kappa shape index (κ3) is 3.38. The number of rotatable bonds is 6. The third-order valence-electron chi connectivity index (χ3n) is 2.44. The molecule has 0 bridgehead atoms. The van der Waals surface area contributed by atoms with Crippen LogP contribution in [0.4, 0.5) is 0 Å². The minimum atomic E-state index is -0.381. The van der Waals surface area contributed by atoms with Gasteiger partial charge in [0.2, 0.25) is 0 Å². The highest BCUT2D eigenvalue weighted by atomic mass is 16.1. The fourth-order valence-corrected chi connectivity index (χ4v) is 1.64. The summed E-state index contributed by atoms with van der Waals surface area (Å²) < 4.78 is 1.65. The second kappa shape index (κ2) is 5.53. The number of nitrogens with zero attached hydrogens (tertiary/aromatic N) is 2. The number of amides is 1. The molecule has 1 heterocycles. The molecule has 1 rings (SSSR count). The molecule has 15 heavy (non-hydrogen) atoms. The van der Waals surface area contributed by atoms with Gasteiger partial charge in [0.15, 0.2) is 0 Å². The molecule has 1 aromatic rings. The van der Waals surface area contributed by atoms with Crippen LogP contribution in [0.2, 0.25) is 0 Å². The van der Waals surface area contributed by atoms with Crippen LogP contribution < -0.4 is 5.73 Å². The van der Waals surface area contributed by atoms with Crippen molar-refractivity contribution in [1.82, 2.24) is 9.78 Å². The zero-order chi connectivity index (χ0) is 11.3. The van der Waals surface area contributed by atoms with Gasteiger partial charge in [0.25, 0.3) is 5.91 Å². The molecule has 1 aromatic heterocycles. The van der Waals surface area contributed by atoms with Gasteiger partial charge < -0.3 is 5.73 Å². The van der Waals surface area contributed by atoms with Crippen LogP contribution in [0.3, 0.4) is 0 Å². The molecule has 4 nitrogen and oxygen atoms in total. The zero-order valence-electron chi connectivity index (χ0n) is 9.49. The molecule has 0 unspecified atom stereocenters. The molecular formula is C11H19N3O. The fourth-order valence-electron chi connectivity index (χ4n) is 1.64. The monoisotopic (exact) mass is 209 g/mol. The first-order chi connectivity index (χ1) is 7.15. The Balaban J connectivity index is 2.55. The Labute approximate surface area is 90.5 Å². The number of nitrogens with two attached hydrogens (primary N) is 1. The summed E-state index contributed by atoms with van der Waals surface area (Å²) in [6.45, 7) is 2.18. The van der Waals surface area contributed by atoms with Crippen molar-refractivity contribution in [3.05, 3.63) is 17.5 Å². The summed E-state index contributed by atoms with van der Waals surface area (Å²) in [5.41, 5.74) is 6.66. The summed E-state index contributed by atoms with van der Waals surface area (Å²) in [5.74, 6) is -0.381. The van der Waals surface area contributed by atoms with Gasteiger partial charge in [-0.3, -0.25) is 9.48 Å². The molecule has 0 saturated heterocycles. The molecule has 0 saturated carbocycles. The largest absolute Gasteiger partial charge is 0.365 e. The molecule has 0 atom stereocenters. The van der Waals surface area contributed by atoms with Crippen LogP contribution in [0.5, 0.6) is 0 Å². The number of carbonyl (C=O) groups is 1. The highest BCUT2D eigenvalue weighted by Crippen LogP contribution is 2.10. The van der Waals surface area contributed by atoms with E-state index in [1.54, 1.807) is 10.9 Å². The van der Waals surface area contributed by atoms with Crippen LogP contribution in [-0.2, 0) is 13.5 Å². The molecule has 0 aliphatic heterocycles. The SMILES string of the molecule is CCCCCCc1nn(C)cc1C(N)=O. The molecular weight excluding hydrogens is 190 g/mol. The van der Waals surface area contributed by atoms with Crippen LogP contribution >= 0.6 is 0 Å². The summed E-state index contributed by atoms with van der Waals surface area (Å²) in [5, 5.41) is 4.25. The number of carbonyl (C=O) groups excluding carboxylic acids is 1. The highest BCUT2D eigenvalue weighted by Gasteiger charge is 2.11. The molecule has 0 fully saturated rings. The van der Waals surface area contributed by atoms with E-state index in [-0.39, 0.29) is 5.91 Å². The van der Waals surface area contributed by atoms with Crippen molar-refractivity contribution in [3.8, 4) is 0 Å². The number of primary amides is 1. The summed E-state index contributed by atoms with van der Waals surface area (Å²) in [6.07, 6.45) is 7.25. The van der Waals surface area contributed by atoms with Crippen molar-refractivity contribution in [2.45, 2.75) is 39.0 Å². The Morgan fingerprint density at radius 1 is 1.47 bits per heavy atom. The van der Waals surface area contributed by atoms with E-state index in [4.69, 9.17) is 5.73 Å². The Kier molecular flexibility index (Phi) is 4.34. The summed E-state index contributed by atoms with van der Waals surface area (Å²) in [4.78, 5) is 11.1. The number of hydrogen-bond acceptors (Lipinski definition) is 2. The van der Waals surface area contributed by atoms with Gasteiger partial charge in [0.05, 0.1) is 11.3 Å². The van der Waals surface area contributed by atoms with Crippen LogP contribution in [-0.4, -0.2) is 15.7 Å². The lowest BCUT2D eigenvalue weighted by atomic mass is 10.1. The van der Waals surface area contributed by atoms with Crippen molar-refractivity contribution in [2.75, 3.05) is 0 Å². The average Bonchev–Trinajstić information content (AvgIpc) is 2.55. The van der Waals surface area contributed by atoms with Gasteiger partial charge in [-0.2, -0.15) is 5.10 Å². The molecule has 2 N–H and O–H groups in total. The van der Waals surface area contributed by atoms with E-state index in [1.165, 1.54) is 19.3 Å². The van der Waals surface area contributed by atoms with E-state index in [9.17, 15) is 4.79 Å². The fraction of sp³-hybridized carbons (Fsp3) is 0.636. The molecule has 84 valence electrons. The summed E-state index contributed by atoms with van der Waals surface area (Å²) in [6, 6.07) is 0. The third-order valence-corrected chi connectivity index (χ3v) is 2.44. The van der Waals surface area contributed by atoms with Gasteiger partial charge in [-0.25, -0.2) is 0 Å². The van der Waals surface area contributed by atoms with E-state index >= 15 is 0 Å². The van der Waals surface area contributed by atoms with Crippen molar-refractivity contribution >= 4 is 5.91 Å². The van der Waals surface area contributed by atoms with E-state index in [2.05, 4.69) is 12.0 Å². The van der Waals surface area contributed by atoms with Gasteiger partial charge >= 0.3 is 0 Å². The number of hydrogen-bond donors (Lipinski definition) is 1. The van der Waals surface area contributed by atoms with Crippen LogP contribution in [0.15, 0.2) is 6.20 Å². The molecule has 0 radical (unpaired) electrons. The Bertz CT molecular complexity index is 331. The van der Waals surface area contributed by atoms with Gasteiger partial charge in [-0.1, -0.05) is 26.2 Å². The quantitative estimate of drug-likeness (QED) is 0.724. The maximum atomic E-state index is 11.1. The molecule has 0 aromatic carbocycles. The van der Waals surface area contributed by atoms with Gasteiger partial charge in [0.1, 0.15) is 0 Å². The first-order valence-electron chi connectivity index (χ1n) is 5.47. The van der Waals surface area contributed by atoms with Crippen molar-refractivity contribution in [3.63, 3.8) is 0 Å². The van der Waals surface area contributed by atoms with Gasteiger partial charge in [-0.15, -0.1) is 0 Å². The Hall–Kier alpha value is -1.32. The standard InChI is InChI=1S/C11H19N3O/c1-3-4-5-6-7-10-9(11(12)15)8-14(2)13-10/h8H,3-7H2,1-2H3,(H2,12,15). The second-order valence-electron chi connectivity index (χ2n) is 3.84. The first-order valence-corrected chi connectivity index (χ1v) is 5.47. The minimum Gasteiger partial charge on any atom is -0.365 e. The average molecular weight is 209 g/mol. The topological polar surface area (TPSA) is 60.9 Å². The molecule has 1 amide bonds. The number of aryl methyl sites for hydroxylation is 2. The lowest BCUT2D eigenvalue weighted by Crippen LogP contribution is -2.12. The van der Waals surface area contributed by atoms with Crippen molar-refractivity contribution in [1.29, 1.82) is 0 Å². The molecule has 4 heteroatoms. The maximum absolute atomic E-state index is 11.1. The highest BCUT2D eigenvalue weighted by molar-refractivity contribution is 5.93. The molecule has 0 aliphatic carbocycles. The zero-order valence-corrected chi connectivity index (χ0v) is 9.49. The molecule has 0 aliphatic rings. The normalized spacial score (nSPS) is 10.5. The smallest absolute Gasteiger partial charge is 0.252 e. The Morgan fingerprint density at radius 3 is 2.80 bits per heavy atom. The van der Waals surface area contributed by atoms with Crippen LogP contribution in [0.1, 0.15) is 48.7 Å². The van der Waals surface area contributed by atoms with E-state index in [0.29, 0.717) is 5.56 Å². The van der Waals surface area contributed by atoms with Crippen LogP contribution in [0, 0.1) is 0 Å². The van der Waals surface area contributed by atoms with Crippen molar-refractivity contribution < 1.29 is 4.79 Å². The predicted octanol–water partition coefficient (Wildman–Crippen LogP) is 1.64. The van der Waals surface area contributed by atoms with Crippen molar-refractivity contribution in [2.24, 2.45) is 12.8 Å². The minimum absolute atomic E-state index is 0.381. The summed E-state index contributed by atoms with van der Waals surface area (Å²) in [7, 11) is 1.81. The predicted molar refractivity (Wildman–Crippen MR) is 59.6 cm³/mol. The van der Waals surface area contributed by atoms with E-state index in [0.717, 1.165) is 18.5 Å². The lowest BCUT2D eigenvalue weighted by Gasteiger charge is -1.98. The maximum Gasteiger partial charge on any atom is 0.252 e. The van der Waals surface area contributed by atoms with E-state index < -0.39 is 0 Å². The van der Waals surface area contributed by atoms with Gasteiger partial charge in [-0.05, 0) is 12.8 Å². The lowest BCUT2D eigenvalue weighted by molar-refractivity contribution is 0.0999. The second-order valence-corrected chi connectivity index (χ2v) is 3.84. The molecule has 0 spiro atoms. The van der Waals surface area contributed by atoms with E-state index in [1.807, 2.05) is 7.05 Å².